The number of anilines is 1. The van der Waals surface area contributed by atoms with E-state index in [0.717, 1.165) is 56.3 Å². The van der Waals surface area contributed by atoms with Crippen LogP contribution in [0.4, 0.5) is 5.95 Å². The lowest BCUT2D eigenvalue weighted by Crippen LogP contribution is -2.33. The second kappa shape index (κ2) is 6.09. The summed E-state index contributed by atoms with van der Waals surface area (Å²) in [6.07, 6.45) is 9.93. The van der Waals surface area contributed by atoms with Crippen LogP contribution in [0.2, 0.25) is 5.02 Å². The minimum Gasteiger partial charge on any atom is -0.351 e. The Morgan fingerprint density at radius 1 is 1.22 bits per heavy atom. The van der Waals surface area contributed by atoms with Crippen LogP contribution in [0, 0.1) is 0 Å². The van der Waals surface area contributed by atoms with Crippen LogP contribution in [0.25, 0.3) is 11.3 Å². The van der Waals surface area contributed by atoms with Gasteiger partial charge in [0.05, 0.1) is 23.1 Å². The summed E-state index contributed by atoms with van der Waals surface area (Å²) in [5.74, 6) is 0.641. The molecule has 2 aromatic rings. The van der Waals surface area contributed by atoms with Crippen molar-refractivity contribution in [2.75, 3.05) is 5.32 Å². The molecular formula is C16H21ClN6. The molecule has 1 aliphatic heterocycles. The van der Waals surface area contributed by atoms with Gasteiger partial charge < -0.3 is 11.1 Å². The molecule has 0 spiro atoms. The van der Waals surface area contributed by atoms with Gasteiger partial charge in [0.2, 0.25) is 5.95 Å². The second-order valence-electron chi connectivity index (χ2n) is 6.48. The van der Waals surface area contributed by atoms with E-state index in [-0.39, 0.29) is 0 Å². The Bertz CT molecular complexity index is 705. The van der Waals surface area contributed by atoms with E-state index >= 15 is 0 Å². The topological polar surface area (TPSA) is 81.6 Å². The number of hydrogen-bond acceptors (Lipinski definition) is 5. The molecule has 0 amide bonds. The molecule has 6 nitrogen and oxygen atoms in total. The van der Waals surface area contributed by atoms with E-state index in [4.69, 9.17) is 17.3 Å². The lowest BCUT2D eigenvalue weighted by molar-refractivity contribution is 0.410. The number of aryl methyl sites for hydroxylation is 1. The van der Waals surface area contributed by atoms with Gasteiger partial charge >= 0.3 is 0 Å². The van der Waals surface area contributed by atoms with E-state index in [9.17, 15) is 0 Å². The Hall–Kier alpha value is -1.66. The van der Waals surface area contributed by atoms with Crippen LogP contribution in [-0.2, 0) is 13.0 Å². The molecule has 1 aliphatic carbocycles. The summed E-state index contributed by atoms with van der Waals surface area (Å²) in [6.45, 7) is 0.978. The summed E-state index contributed by atoms with van der Waals surface area (Å²) in [5.41, 5.74) is 9.00. The average Bonchev–Trinajstić information content (AvgIpc) is 3.15. The van der Waals surface area contributed by atoms with Crippen molar-refractivity contribution in [3.05, 3.63) is 23.1 Å². The first-order chi connectivity index (χ1) is 11.2. The zero-order valence-electron chi connectivity index (χ0n) is 13.0. The molecule has 3 N–H and O–H groups in total. The molecule has 0 bridgehead atoms. The molecule has 2 aliphatic rings. The van der Waals surface area contributed by atoms with E-state index in [0.29, 0.717) is 23.1 Å². The van der Waals surface area contributed by atoms with Crippen molar-refractivity contribution in [1.82, 2.24) is 19.7 Å². The average molecular weight is 333 g/mol. The fraction of sp³-hybridized carbons (Fsp3) is 0.562. The Kier molecular flexibility index (Phi) is 3.95. The van der Waals surface area contributed by atoms with Crippen LogP contribution >= 0.6 is 11.6 Å². The molecule has 7 heteroatoms. The van der Waals surface area contributed by atoms with E-state index in [2.05, 4.69) is 20.4 Å². The second-order valence-corrected chi connectivity index (χ2v) is 6.89. The van der Waals surface area contributed by atoms with Crippen molar-refractivity contribution >= 4 is 17.5 Å². The Morgan fingerprint density at radius 3 is 2.87 bits per heavy atom. The third kappa shape index (κ3) is 2.93. The van der Waals surface area contributed by atoms with Crippen molar-refractivity contribution in [3.63, 3.8) is 0 Å². The Balaban J connectivity index is 1.58. The molecule has 0 radical (unpaired) electrons. The number of fused-ring (bicyclic) bond motifs is 1. The van der Waals surface area contributed by atoms with Crippen molar-refractivity contribution < 1.29 is 0 Å². The van der Waals surface area contributed by atoms with Crippen LogP contribution in [0.1, 0.15) is 37.8 Å². The van der Waals surface area contributed by atoms with E-state index in [1.165, 1.54) is 5.69 Å². The molecule has 1 fully saturated rings. The number of nitrogens with two attached hydrogens (primary N) is 1. The van der Waals surface area contributed by atoms with Gasteiger partial charge in [-0.25, -0.2) is 9.97 Å². The highest BCUT2D eigenvalue weighted by molar-refractivity contribution is 6.32. The standard InChI is InChI=1S/C16H21ClN6/c17-13-9-19-16(21-11-5-3-10(18)4-6-11)22-15(13)12-8-20-23-7-1-2-14(12)23/h8-11H,1-7,18H2,(H,19,21,22). The van der Waals surface area contributed by atoms with Crippen LogP contribution < -0.4 is 11.1 Å². The van der Waals surface area contributed by atoms with Crippen molar-refractivity contribution in [2.24, 2.45) is 5.73 Å². The van der Waals surface area contributed by atoms with Gasteiger partial charge in [0.1, 0.15) is 0 Å². The molecule has 0 unspecified atom stereocenters. The number of hydrogen-bond donors (Lipinski definition) is 2. The highest BCUT2D eigenvalue weighted by atomic mass is 35.5. The highest BCUT2D eigenvalue weighted by Crippen LogP contribution is 2.32. The van der Waals surface area contributed by atoms with Crippen molar-refractivity contribution in [3.8, 4) is 11.3 Å². The van der Waals surface area contributed by atoms with Gasteiger partial charge in [-0.05, 0) is 38.5 Å². The van der Waals surface area contributed by atoms with Crippen LogP contribution in [0.5, 0.6) is 0 Å². The van der Waals surface area contributed by atoms with E-state index in [1.54, 1.807) is 6.20 Å². The molecule has 23 heavy (non-hydrogen) atoms. The predicted octanol–water partition coefficient (Wildman–Crippen LogP) is 2.62. The monoisotopic (exact) mass is 332 g/mol. The molecule has 0 atom stereocenters. The molecular weight excluding hydrogens is 312 g/mol. The Morgan fingerprint density at radius 2 is 2.04 bits per heavy atom. The summed E-state index contributed by atoms with van der Waals surface area (Å²) < 4.78 is 2.05. The molecule has 0 saturated heterocycles. The zero-order valence-corrected chi connectivity index (χ0v) is 13.8. The number of rotatable bonds is 3. The lowest BCUT2D eigenvalue weighted by Gasteiger charge is -2.26. The Labute approximate surface area is 140 Å². The summed E-state index contributed by atoms with van der Waals surface area (Å²) in [6, 6.07) is 0.728. The van der Waals surface area contributed by atoms with Crippen LogP contribution in [0.15, 0.2) is 12.4 Å². The van der Waals surface area contributed by atoms with Gasteiger partial charge in [-0.15, -0.1) is 0 Å². The number of nitrogens with zero attached hydrogens (tertiary/aromatic N) is 4. The third-order valence-electron chi connectivity index (χ3n) is 4.84. The maximum atomic E-state index is 6.34. The minimum absolute atomic E-state index is 0.338. The fourth-order valence-electron chi connectivity index (χ4n) is 3.53. The first kappa shape index (κ1) is 14.9. The van der Waals surface area contributed by atoms with Gasteiger partial charge in [0.25, 0.3) is 0 Å². The smallest absolute Gasteiger partial charge is 0.223 e. The fourth-order valence-corrected chi connectivity index (χ4v) is 3.73. The molecule has 2 aromatic heterocycles. The van der Waals surface area contributed by atoms with Gasteiger partial charge in [0.15, 0.2) is 0 Å². The van der Waals surface area contributed by atoms with Crippen molar-refractivity contribution in [1.29, 1.82) is 0 Å². The number of halogens is 1. The summed E-state index contributed by atoms with van der Waals surface area (Å²) in [5, 5.41) is 8.44. The number of aromatic nitrogens is 4. The van der Waals surface area contributed by atoms with Gasteiger partial charge in [-0.2, -0.15) is 5.10 Å². The van der Waals surface area contributed by atoms with Crippen LogP contribution in [-0.4, -0.2) is 31.8 Å². The highest BCUT2D eigenvalue weighted by Gasteiger charge is 2.22. The first-order valence-electron chi connectivity index (χ1n) is 8.30. The SMILES string of the molecule is NC1CCC(Nc2ncc(Cl)c(-c3cnn4c3CCC4)n2)CC1. The van der Waals surface area contributed by atoms with Gasteiger partial charge in [-0.1, -0.05) is 11.6 Å². The third-order valence-corrected chi connectivity index (χ3v) is 5.11. The molecule has 122 valence electrons. The first-order valence-corrected chi connectivity index (χ1v) is 8.68. The van der Waals surface area contributed by atoms with Gasteiger partial charge in [0, 0.05) is 29.9 Å². The molecule has 0 aromatic carbocycles. The predicted molar refractivity (Wildman–Crippen MR) is 90.4 cm³/mol. The lowest BCUT2D eigenvalue weighted by atomic mass is 9.92. The van der Waals surface area contributed by atoms with Crippen LogP contribution in [0.3, 0.4) is 0 Å². The number of nitrogens with one attached hydrogen (secondary N) is 1. The summed E-state index contributed by atoms with van der Waals surface area (Å²) in [4.78, 5) is 9.01. The quantitative estimate of drug-likeness (QED) is 0.903. The molecule has 1 saturated carbocycles. The maximum absolute atomic E-state index is 6.34. The van der Waals surface area contributed by atoms with Crippen molar-refractivity contribution in [2.45, 2.75) is 57.2 Å². The summed E-state index contributed by atoms with van der Waals surface area (Å²) in [7, 11) is 0. The van der Waals surface area contributed by atoms with E-state index in [1.807, 2.05) is 10.9 Å². The zero-order chi connectivity index (χ0) is 15.8. The summed E-state index contributed by atoms with van der Waals surface area (Å²) >= 11 is 6.34. The minimum atomic E-state index is 0.338. The molecule has 3 heterocycles. The molecule has 4 rings (SSSR count). The maximum Gasteiger partial charge on any atom is 0.223 e. The largest absolute Gasteiger partial charge is 0.351 e. The van der Waals surface area contributed by atoms with Gasteiger partial charge in [-0.3, -0.25) is 4.68 Å². The van der Waals surface area contributed by atoms with E-state index < -0.39 is 0 Å². The normalized spacial score (nSPS) is 23.7.